The average Bonchev–Trinajstić information content (AvgIpc) is 3.33. The van der Waals surface area contributed by atoms with Crippen molar-refractivity contribution < 1.29 is 9.21 Å². The van der Waals surface area contributed by atoms with Crippen LogP contribution in [0.15, 0.2) is 51.6 Å². The van der Waals surface area contributed by atoms with Crippen LogP contribution in [0.25, 0.3) is 22.5 Å². The van der Waals surface area contributed by atoms with Gasteiger partial charge in [0.15, 0.2) is 0 Å². The van der Waals surface area contributed by atoms with Crippen molar-refractivity contribution in [3.05, 3.63) is 42.0 Å². The number of hydrogen-bond acceptors (Lipinski definition) is 5. The van der Waals surface area contributed by atoms with E-state index >= 15 is 0 Å². The molecule has 4 rings (SSSR count). The number of aromatic nitrogens is 3. The van der Waals surface area contributed by atoms with Gasteiger partial charge in [0, 0.05) is 24.5 Å². The van der Waals surface area contributed by atoms with Gasteiger partial charge in [-0.15, -0.1) is 10.2 Å². The van der Waals surface area contributed by atoms with Crippen molar-refractivity contribution in [3.63, 3.8) is 0 Å². The van der Waals surface area contributed by atoms with Crippen LogP contribution < -0.4 is 5.32 Å². The highest BCUT2D eigenvalue weighted by Crippen LogP contribution is 2.29. The predicted molar refractivity (Wildman–Crippen MR) is 116 cm³/mol. The van der Waals surface area contributed by atoms with Crippen LogP contribution >= 0.6 is 11.8 Å². The monoisotopic (exact) mass is 410 g/mol. The summed E-state index contributed by atoms with van der Waals surface area (Å²) >= 11 is 1.29. The molecule has 0 saturated carbocycles. The summed E-state index contributed by atoms with van der Waals surface area (Å²) in [5.41, 5.74) is 3.44. The minimum atomic E-state index is -0.295. The van der Waals surface area contributed by atoms with E-state index in [0.717, 1.165) is 23.0 Å². The number of benzene rings is 1. The molecule has 1 N–H and O–H groups in total. The van der Waals surface area contributed by atoms with Crippen molar-refractivity contribution in [2.75, 3.05) is 6.54 Å². The van der Waals surface area contributed by atoms with Gasteiger partial charge in [-0.3, -0.25) is 4.79 Å². The minimum Gasteiger partial charge on any atom is -0.410 e. The largest absolute Gasteiger partial charge is 0.410 e. The molecule has 0 aliphatic heterocycles. The second-order valence-corrected chi connectivity index (χ2v) is 8.72. The third-order valence-corrected chi connectivity index (χ3v) is 6.29. The number of nitrogens with one attached hydrogen (secondary N) is 1. The number of carbonyl (C=O) groups is 1. The molecule has 0 radical (unpaired) electrons. The fraction of sp³-hybridized carbons (Fsp3) is 0.409. The van der Waals surface area contributed by atoms with Gasteiger partial charge >= 0.3 is 0 Å². The minimum absolute atomic E-state index is 0.00392. The lowest BCUT2D eigenvalue weighted by atomic mass is 9.97. The Morgan fingerprint density at radius 2 is 2.17 bits per heavy atom. The first-order valence-electron chi connectivity index (χ1n) is 10.1. The zero-order valence-electron chi connectivity index (χ0n) is 16.9. The Morgan fingerprint density at radius 1 is 1.31 bits per heavy atom. The molecule has 0 fully saturated rings. The molecule has 6 nitrogen and oxygen atoms in total. The fourth-order valence-electron chi connectivity index (χ4n) is 3.68. The van der Waals surface area contributed by atoms with Crippen LogP contribution in [0.3, 0.4) is 0 Å². The summed E-state index contributed by atoms with van der Waals surface area (Å²) in [6.07, 6.45) is 8.15. The number of para-hydroxylation sites is 1. The average molecular weight is 411 g/mol. The second kappa shape index (κ2) is 8.86. The molecule has 1 atom stereocenters. The van der Waals surface area contributed by atoms with Gasteiger partial charge in [-0.2, -0.15) is 0 Å². The molecular formula is C22H26N4O2S. The first kappa shape index (κ1) is 19.8. The van der Waals surface area contributed by atoms with E-state index in [1.165, 1.54) is 43.0 Å². The van der Waals surface area contributed by atoms with E-state index in [9.17, 15) is 4.79 Å². The molecular weight excluding hydrogens is 384 g/mol. The van der Waals surface area contributed by atoms with Crippen molar-refractivity contribution in [1.82, 2.24) is 20.1 Å². The topological polar surface area (TPSA) is 73.0 Å². The molecule has 152 valence electrons. The summed E-state index contributed by atoms with van der Waals surface area (Å²) in [5, 5.41) is 12.6. The van der Waals surface area contributed by atoms with Crippen LogP contribution in [0.1, 0.15) is 39.0 Å². The number of nitrogens with zero attached hydrogens (tertiary/aromatic N) is 3. The van der Waals surface area contributed by atoms with E-state index < -0.39 is 0 Å². The lowest BCUT2D eigenvalue weighted by molar-refractivity contribution is -0.120. The molecule has 3 aromatic rings. The van der Waals surface area contributed by atoms with Crippen LogP contribution in [0.5, 0.6) is 0 Å². The molecule has 2 heterocycles. The normalized spacial score (nSPS) is 15.3. The van der Waals surface area contributed by atoms with Crippen LogP contribution in [0.2, 0.25) is 0 Å². The maximum absolute atomic E-state index is 12.4. The number of carbonyl (C=O) groups excluding carboxylic acids is 1. The molecule has 1 unspecified atom stereocenters. The van der Waals surface area contributed by atoms with E-state index in [4.69, 9.17) is 4.42 Å². The number of hydrogen-bond donors (Lipinski definition) is 1. The van der Waals surface area contributed by atoms with Gasteiger partial charge in [0.2, 0.25) is 5.91 Å². The Kier molecular flexibility index (Phi) is 6.04. The number of thioether (sulfide) groups is 1. The molecule has 1 aliphatic carbocycles. The standard InChI is InChI=1S/C22H26N4O2S/c1-15(20(27)23-13-12-16-8-4-3-5-9-16)29-22-25-24-21(28-22)19-14-17-10-6-7-11-18(17)26(19)2/h6-8,10-11,14-15H,3-5,9,12-13H2,1-2H3,(H,23,27). The van der Waals surface area contributed by atoms with E-state index in [-0.39, 0.29) is 11.2 Å². The van der Waals surface area contributed by atoms with Gasteiger partial charge < -0.3 is 14.3 Å². The van der Waals surface area contributed by atoms with Crippen molar-refractivity contribution in [2.24, 2.45) is 7.05 Å². The molecule has 1 aromatic carbocycles. The molecule has 2 aromatic heterocycles. The van der Waals surface area contributed by atoms with E-state index in [1.807, 2.05) is 36.7 Å². The van der Waals surface area contributed by atoms with Crippen LogP contribution in [-0.2, 0) is 11.8 Å². The third kappa shape index (κ3) is 4.56. The van der Waals surface area contributed by atoms with E-state index in [1.54, 1.807) is 0 Å². The fourth-order valence-corrected chi connectivity index (χ4v) is 4.39. The highest BCUT2D eigenvalue weighted by atomic mass is 32.2. The molecule has 7 heteroatoms. The summed E-state index contributed by atoms with van der Waals surface area (Å²) < 4.78 is 7.87. The van der Waals surface area contributed by atoms with Gasteiger partial charge in [-0.25, -0.2) is 0 Å². The zero-order chi connectivity index (χ0) is 20.2. The van der Waals surface area contributed by atoms with Crippen molar-refractivity contribution >= 4 is 28.6 Å². The summed E-state index contributed by atoms with van der Waals surface area (Å²) in [6.45, 7) is 2.54. The highest BCUT2D eigenvalue weighted by Gasteiger charge is 2.20. The Labute approximate surface area is 174 Å². The number of rotatable bonds is 7. The van der Waals surface area contributed by atoms with Gasteiger partial charge in [-0.05, 0) is 51.2 Å². The second-order valence-electron chi connectivity index (χ2n) is 7.43. The summed E-state index contributed by atoms with van der Waals surface area (Å²) in [4.78, 5) is 12.4. The van der Waals surface area contributed by atoms with Gasteiger partial charge in [0.25, 0.3) is 11.1 Å². The van der Waals surface area contributed by atoms with Crippen LogP contribution in [-0.4, -0.2) is 32.5 Å². The summed E-state index contributed by atoms with van der Waals surface area (Å²) in [7, 11) is 1.98. The molecule has 0 spiro atoms. The van der Waals surface area contributed by atoms with Crippen LogP contribution in [0, 0.1) is 0 Å². The lowest BCUT2D eigenvalue weighted by Gasteiger charge is -2.14. The van der Waals surface area contributed by atoms with Gasteiger partial charge in [0.1, 0.15) is 5.69 Å². The number of fused-ring (bicyclic) bond motifs is 1. The lowest BCUT2D eigenvalue weighted by Crippen LogP contribution is -2.31. The first-order valence-corrected chi connectivity index (χ1v) is 11.0. The number of amides is 1. The van der Waals surface area contributed by atoms with Gasteiger partial charge in [0.05, 0.1) is 5.25 Å². The maximum Gasteiger partial charge on any atom is 0.277 e. The molecule has 0 saturated heterocycles. The van der Waals surface area contributed by atoms with Crippen molar-refractivity contribution in [1.29, 1.82) is 0 Å². The quantitative estimate of drug-likeness (QED) is 0.451. The van der Waals surface area contributed by atoms with Crippen molar-refractivity contribution in [2.45, 2.75) is 49.5 Å². The number of aryl methyl sites for hydroxylation is 1. The summed E-state index contributed by atoms with van der Waals surface area (Å²) in [6, 6.07) is 10.2. The molecule has 1 aliphatic rings. The molecule has 29 heavy (non-hydrogen) atoms. The summed E-state index contributed by atoms with van der Waals surface area (Å²) in [5.74, 6) is 0.457. The van der Waals surface area contributed by atoms with E-state index in [0.29, 0.717) is 17.7 Å². The molecule has 0 bridgehead atoms. The zero-order valence-corrected chi connectivity index (χ0v) is 17.7. The van der Waals surface area contributed by atoms with Gasteiger partial charge in [-0.1, -0.05) is 41.6 Å². The predicted octanol–water partition coefficient (Wildman–Crippen LogP) is 4.72. The highest BCUT2D eigenvalue weighted by molar-refractivity contribution is 8.00. The van der Waals surface area contributed by atoms with Crippen molar-refractivity contribution in [3.8, 4) is 11.6 Å². The Bertz CT molecular complexity index is 1040. The SMILES string of the molecule is CC(Sc1nnc(-c2cc3ccccc3n2C)o1)C(=O)NCCC1=CCCCC1. The Hall–Kier alpha value is -2.54. The first-order chi connectivity index (χ1) is 14.1. The molecule has 1 amide bonds. The maximum atomic E-state index is 12.4. The Morgan fingerprint density at radius 3 is 2.97 bits per heavy atom. The smallest absolute Gasteiger partial charge is 0.277 e. The van der Waals surface area contributed by atoms with Crippen LogP contribution in [0.4, 0.5) is 0 Å². The number of allylic oxidation sites excluding steroid dienone is 1. The Balaban J connectivity index is 1.35. The third-order valence-electron chi connectivity index (χ3n) is 5.35. The van der Waals surface area contributed by atoms with E-state index in [2.05, 4.69) is 33.7 Å².